The van der Waals surface area contributed by atoms with E-state index in [2.05, 4.69) is 5.32 Å². The Balaban J connectivity index is 1.67. The third-order valence-corrected chi connectivity index (χ3v) is 7.60. The van der Waals surface area contributed by atoms with Gasteiger partial charge in [-0.25, -0.2) is 4.99 Å². The van der Waals surface area contributed by atoms with Crippen LogP contribution in [-0.2, 0) is 9.59 Å². The molecule has 8 heteroatoms. The third kappa shape index (κ3) is 5.59. The topological polar surface area (TPSA) is 74.2 Å². The van der Waals surface area contributed by atoms with Gasteiger partial charge in [0.2, 0.25) is 5.91 Å². The lowest BCUT2D eigenvalue weighted by Crippen LogP contribution is -2.42. The van der Waals surface area contributed by atoms with Gasteiger partial charge >= 0.3 is 0 Å². The molecule has 2 aliphatic heterocycles. The summed E-state index contributed by atoms with van der Waals surface area (Å²) in [5, 5.41) is 5.84. The second-order valence-corrected chi connectivity index (χ2v) is 9.86. The number of likely N-dealkylation sites (N-methyl/N-ethyl adjacent to an activating group) is 1. The smallest absolute Gasteiger partial charge is 0.254 e. The van der Waals surface area contributed by atoms with E-state index < -0.39 is 6.04 Å². The average Bonchev–Trinajstić information content (AvgIpc) is 3.30. The monoisotopic (exact) mass is 518 g/mol. The molecule has 0 saturated heterocycles. The normalized spacial score (nSPS) is 17.5. The molecule has 4 rings (SSSR count). The van der Waals surface area contributed by atoms with Crippen LogP contribution < -0.4 is 10.1 Å². The second kappa shape index (κ2) is 11.7. The highest BCUT2D eigenvalue weighted by atomic mass is 32.2. The summed E-state index contributed by atoms with van der Waals surface area (Å²) in [5.41, 5.74) is 4.08. The van der Waals surface area contributed by atoms with Gasteiger partial charge in [-0.3, -0.25) is 9.59 Å². The van der Waals surface area contributed by atoms with Crippen LogP contribution in [0.5, 0.6) is 5.75 Å². The van der Waals surface area contributed by atoms with E-state index in [1.54, 1.807) is 7.11 Å². The minimum atomic E-state index is -0.420. The van der Waals surface area contributed by atoms with Crippen molar-refractivity contribution < 1.29 is 14.3 Å². The molecule has 0 bridgehead atoms. The molecule has 194 valence electrons. The summed E-state index contributed by atoms with van der Waals surface area (Å²) in [6.07, 6.45) is 0.176. The molecule has 37 heavy (non-hydrogen) atoms. The summed E-state index contributed by atoms with van der Waals surface area (Å²) in [6, 6.07) is 17.1. The van der Waals surface area contributed by atoms with Crippen molar-refractivity contribution in [3.63, 3.8) is 0 Å². The van der Waals surface area contributed by atoms with Gasteiger partial charge in [0.25, 0.3) is 5.91 Å². The number of rotatable bonds is 9. The molecule has 0 spiro atoms. The number of fused-ring (bicyclic) bond motifs is 1. The van der Waals surface area contributed by atoms with Gasteiger partial charge in [0.15, 0.2) is 5.17 Å². The SMILES string of the molecule is CCN(CC)C(=O)C1=C(C)N=C2SC=C(CC(=O)N[C@@H](C)c3ccccc3)N2[C@H]1c1cccc(OC)c1. The molecule has 2 atom stereocenters. The van der Waals surface area contributed by atoms with E-state index in [0.29, 0.717) is 30.1 Å². The third-order valence-electron chi connectivity index (χ3n) is 6.71. The molecule has 7 nitrogen and oxygen atoms in total. The molecular formula is C29H34N4O3S. The van der Waals surface area contributed by atoms with Crippen LogP contribution in [0.3, 0.4) is 0 Å². The van der Waals surface area contributed by atoms with Crippen LogP contribution in [0.15, 0.2) is 82.0 Å². The molecule has 0 aliphatic carbocycles. The zero-order valence-corrected chi connectivity index (χ0v) is 22.8. The molecule has 2 aromatic carbocycles. The zero-order valence-electron chi connectivity index (χ0n) is 22.0. The molecule has 2 aliphatic rings. The van der Waals surface area contributed by atoms with Gasteiger partial charge in [-0.2, -0.15) is 0 Å². The Labute approximate surface area is 223 Å². The number of carbonyl (C=O) groups is 2. The Morgan fingerprint density at radius 2 is 1.86 bits per heavy atom. The van der Waals surface area contributed by atoms with Crippen molar-refractivity contribution >= 4 is 28.7 Å². The van der Waals surface area contributed by atoms with E-state index in [0.717, 1.165) is 22.0 Å². The van der Waals surface area contributed by atoms with Gasteiger partial charge in [0.1, 0.15) is 5.75 Å². The number of hydrogen-bond donors (Lipinski definition) is 1. The first-order chi connectivity index (χ1) is 17.9. The molecule has 2 heterocycles. The minimum absolute atomic E-state index is 0.0449. The number of methoxy groups -OCH3 is 1. The fourth-order valence-corrected chi connectivity index (χ4v) is 5.70. The van der Waals surface area contributed by atoms with Crippen LogP contribution in [0, 0.1) is 0 Å². The number of aliphatic imine (C=N–C) groups is 1. The number of nitrogens with one attached hydrogen (secondary N) is 1. The lowest BCUT2D eigenvalue weighted by Gasteiger charge is -2.38. The quantitative estimate of drug-likeness (QED) is 0.481. The van der Waals surface area contributed by atoms with Gasteiger partial charge in [0.05, 0.1) is 36.9 Å². The highest BCUT2D eigenvalue weighted by molar-refractivity contribution is 8.16. The van der Waals surface area contributed by atoms with Gasteiger partial charge in [-0.15, -0.1) is 0 Å². The van der Waals surface area contributed by atoms with Gasteiger partial charge < -0.3 is 19.9 Å². The fraction of sp³-hybridized carbons (Fsp3) is 0.345. The van der Waals surface area contributed by atoms with E-state index in [-0.39, 0.29) is 24.3 Å². The summed E-state index contributed by atoms with van der Waals surface area (Å²) in [6.45, 7) is 9.02. The number of thioether (sulfide) groups is 1. The zero-order chi connectivity index (χ0) is 26.5. The summed E-state index contributed by atoms with van der Waals surface area (Å²) in [4.78, 5) is 35.6. The van der Waals surface area contributed by atoms with E-state index in [9.17, 15) is 9.59 Å². The van der Waals surface area contributed by atoms with Crippen molar-refractivity contribution in [1.29, 1.82) is 0 Å². The van der Waals surface area contributed by atoms with Crippen molar-refractivity contribution in [1.82, 2.24) is 15.1 Å². The van der Waals surface area contributed by atoms with E-state index in [1.807, 2.05) is 97.5 Å². The van der Waals surface area contributed by atoms with Crippen molar-refractivity contribution in [2.45, 2.75) is 46.2 Å². The molecule has 0 fully saturated rings. The van der Waals surface area contributed by atoms with Crippen LogP contribution in [0.4, 0.5) is 0 Å². The van der Waals surface area contributed by atoms with Crippen LogP contribution in [0.2, 0.25) is 0 Å². The molecule has 1 N–H and O–H groups in total. The van der Waals surface area contributed by atoms with Gasteiger partial charge in [-0.1, -0.05) is 54.2 Å². The number of amidine groups is 1. The number of allylic oxidation sites excluding steroid dienone is 1. The Bertz CT molecular complexity index is 1250. The second-order valence-electron chi connectivity index (χ2n) is 9.02. The van der Waals surface area contributed by atoms with E-state index >= 15 is 0 Å². The van der Waals surface area contributed by atoms with Crippen molar-refractivity contribution in [3.8, 4) is 5.75 Å². The number of carbonyl (C=O) groups excluding carboxylic acids is 2. The Morgan fingerprint density at radius 1 is 1.14 bits per heavy atom. The lowest BCUT2D eigenvalue weighted by molar-refractivity contribution is -0.127. The highest BCUT2D eigenvalue weighted by Gasteiger charge is 2.41. The molecule has 0 unspecified atom stereocenters. The maximum atomic E-state index is 13.8. The van der Waals surface area contributed by atoms with Crippen molar-refractivity contribution in [2.75, 3.05) is 20.2 Å². The van der Waals surface area contributed by atoms with Crippen LogP contribution in [0.1, 0.15) is 57.3 Å². The standard InChI is InChI=1S/C29H34N4O3S/c1-6-32(7-2)28(35)26-20(4)31-29-33(27(26)22-14-11-15-24(16-22)36-5)23(18-37-29)17-25(34)30-19(3)21-12-9-8-10-13-21/h8-16,18-19,27H,6-7,17H2,1-5H3,(H,30,34)/t19-,27-/m0/s1. The Hall–Kier alpha value is -3.52. The largest absolute Gasteiger partial charge is 0.497 e. The lowest BCUT2D eigenvalue weighted by atomic mass is 9.92. The molecule has 2 aromatic rings. The summed E-state index contributed by atoms with van der Waals surface area (Å²) in [7, 11) is 1.63. The van der Waals surface area contributed by atoms with E-state index in [1.165, 1.54) is 11.8 Å². The molecule has 0 aromatic heterocycles. The van der Waals surface area contributed by atoms with Crippen molar-refractivity contribution in [3.05, 3.63) is 88.1 Å². The van der Waals surface area contributed by atoms with Crippen LogP contribution in [0.25, 0.3) is 0 Å². The number of ether oxygens (including phenoxy) is 1. The fourth-order valence-electron chi connectivity index (χ4n) is 4.73. The maximum absolute atomic E-state index is 13.8. The van der Waals surface area contributed by atoms with Crippen LogP contribution >= 0.6 is 11.8 Å². The average molecular weight is 519 g/mol. The first kappa shape index (κ1) is 26.5. The maximum Gasteiger partial charge on any atom is 0.254 e. The number of hydrogen-bond acceptors (Lipinski definition) is 6. The number of benzene rings is 2. The number of nitrogens with zero attached hydrogens (tertiary/aromatic N) is 3. The van der Waals surface area contributed by atoms with Crippen molar-refractivity contribution in [2.24, 2.45) is 4.99 Å². The summed E-state index contributed by atoms with van der Waals surface area (Å²) in [5.74, 6) is 0.578. The van der Waals surface area contributed by atoms with E-state index in [4.69, 9.17) is 9.73 Å². The summed E-state index contributed by atoms with van der Waals surface area (Å²) < 4.78 is 5.50. The first-order valence-electron chi connectivity index (χ1n) is 12.6. The Morgan fingerprint density at radius 3 is 2.54 bits per heavy atom. The highest BCUT2D eigenvalue weighted by Crippen LogP contribution is 2.45. The molecule has 0 radical (unpaired) electrons. The number of amides is 2. The van der Waals surface area contributed by atoms with Crippen LogP contribution in [-0.4, -0.2) is 47.0 Å². The molecular weight excluding hydrogens is 484 g/mol. The molecule has 0 saturated carbocycles. The van der Waals surface area contributed by atoms with Gasteiger partial charge in [0, 0.05) is 18.8 Å². The Kier molecular flexibility index (Phi) is 8.38. The van der Waals surface area contributed by atoms with Gasteiger partial charge in [-0.05, 0) is 56.4 Å². The molecule has 2 amide bonds. The minimum Gasteiger partial charge on any atom is -0.497 e. The summed E-state index contributed by atoms with van der Waals surface area (Å²) >= 11 is 1.48. The first-order valence-corrected chi connectivity index (χ1v) is 13.5. The predicted molar refractivity (Wildman–Crippen MR) is 149 cm³/mol. The predicted octanol–water partition coefficient (Wildman–Crippen LogP) is 5.41.